The number of para-hydroxylation sites is 1. The summed E-state index contributed by atoms with van der Waals surface area (Å²) in [6, 6.07) is 15.8. The Morgan fingerprint density at radius 1 is 1.10 bits per heavy atom. The van der Waals surface area contributed by atoms with Gasteiger partial charge in [0, 0.05) is 11.6 Å². The van der Waals surface area contributed by atoms with E-state index in [1.54, 1.807) is 6.20 Å². The van der Waals surface area contributed by atoms with E-state index in [9.17, 15) is 0 Å². The van der Waals surface area contributed by atoms with E-state index in [0.29, 0.717) is 0 Å². The van der Waals surface area contributed by atoms with Crippen LogP contribution < -0.4 is 5.43 Å². The van der Waals surface area contributed by atoms with Crippen LogP contribution in [0.4, 0.5) is 5.82 Å². The molecule has 0 aliphatic rings. The summed E-state index contributed by atoms with van der Waals surface area (Å²) < 4.78 is 0. The van der Waals surface area contributed by atoms with Crippen molar-refractivity contribution in [2.75, 3.05) is 5.43 Å². The van der Waals surface area contributed by atoms with Gasteiger partial charge < -0.3 is 0 Å². The second kappa shape index (κ2) is 5.71. The fraction of sp³-hybridized carbons (Fsp3) is 0.118. The van der Waals surface area contributed by atoms with Gasteiger partial charge in [0.1, 0.15) is 5.82 Å². The van der Waals surface area contributed by atoms with Crippen molar-refractivity contribution in [3.8, 4) is 0 Å². The molecule has 0 saturated heterocycles. The van der Waals surface area contributed by atoms with E-state index in [0.717, 1.165) is 28.1 Å². The topological polar surface area (TPSA) is 50.2 Å². The molecule has 0 fully saturated rings. The molecule has 3 rings (SSSR count). The highest BCUT2D eigenvalue weighted by molar-refractivity contribution is 5.97. The standard InChI is InChI=1S/C17H16N4/c1-12-11-17(19-16-9-4-3-7-14(12)16)21-20-13(2)15-8-5-6-10-18-15/h3-11H,1-2H3,(H,19,21)/b20-13-. The van der Waals surface area contributed by atoms with E-state index < -0.39 is 0 Å². The molecule has 0 atom stereocenters. The Morgan fingerprint density at radius 3 is 2.71 bits per heavy atom. The summed E-state index contributed by atoms with van der Waals surface area (Å²) in [7, 11) is 0. The fourth-order valence-corrected chi connectivity index (χ4v) is 2.18. The van der Waals surface area contributed by atoms with Gasteiger partial charge in [-0.2, -0.15) is 5.10 Å². The molecule has 0 aliphatic carbocycles. The van der Waals surface area contributed by atoms with Crippen molar-refractivity contribution in [3.05, 3.63) is 66.0 Å². The Kier molecular flexibility index (Phi) is 3.60. The van der Waals surface area contributed by atoms with Crippen molar-refractivity contribution in [2.24, 2.45) is 5.10 Å². The molecule has 0 unspecified atom stereocenters. The largest absolute Gasteiger partial charge is 0.261 e. The van der Waals surface area contributed by atoms with Gasteiger partial charge in [-0.1, -0.05) is 24.3 Å². The van der Waals surface area contributed by atoms with Crippen molar-refractivity contribution in [3.63, 3.8) is 0 Å². The smallest absolute Gasteiger partial charge is 0.147 e. The summed E-state index contributed by atoms with van der Waals surface area (Å²) >= 11 is 0. The Bertz CT molecular complexity index is 794. The first kappa shape index (κ1) is 13.2. The first-order valence-electron chi connectivity index (χ1n) is 6.82. The summed E-state index contributed by atoms with van der Waals surface area (Å²) in [5.41, 5.74) is 6.82. The molecule has 0 amide bonds. The Morgan fingerprint density at radius 2 is 1.90 bits per heavy atom. The molecule has 3 aromatic rings. The normalized spacial score (nSPS) is 11.6. The molecular formula is C17H16N4. The minimum absolute atomic E-state index is 0.737. The number of pyridine rings is 2. The predicted molar refractivity (Wildman–Crippen MR) is 86.6 cm³/mol. The average molecular weight is 276 g/mol. The minimum atomic E-state index is 0.737. The molecule has 21 heavy (non-hydrogen) atoms. The molecule has 0 aliphatic heterocycles. The van der Waals surface area contributed by atoms with Crippen molar-refractivity contribution in [1.29, 1.82) is 0 Å². The lowest BCUT2D eigenvalue weighted by molar-refractivity contribution is 1.21. The Hall–Kier alpha value is -2.75. The molecule has 2 aromatic heterocycles. The van der Waals surface area contributed by atoms with Gasteiger partial charge in [0.15, 0.2) is 0 Å². The average Bonchev–Trinajstić information content (AvgIpc) is 2.53. The van der Waals surface area contributed by atoms with Crippen molar-refractivity contribution in [1.82, 2.24) is 9.97 Å². The maximum atomic E-state index is 4.56. The molecule has 0 saturated carbocycles. The number of anilines is 1. The van der Waals surface area contributed by atoms with E-state index in [1.165, 1.54) is 5.56 Å². The van der Waals surface area contributed by atoms with Crippen LogP contribution in [0.3, 0.4) is 0 Å². The number of nitrogens with one attached hydrogen (secondary N) is 1. The van der Waals surface area contributed by atoms with Crippen molar-refractivity contribution < 1.29 is 0 Å². The van der Waals surface area contributed by atoms with Gasteiger partial charge in [-0.25, -0.2) is 4.98 Å². The summed E-state index contributed by atoms with van der Waals surface area (Å²) in [4.78, 5) is 8.83. The molecule has 4 heteroatoms. The molecule has 0 radical (unpaired) electrons. The lowest BCUT2D eigenvalue weighted by Gasteiger charge is -2.06. The van der Waals surface area contributed by atoms with Crippen LogP contribution >= 0.6 is 0 Å². The van der Waals surface area contributed by atoms with Gasteiger partial charge in [0.25, 0.3) is 0 Å². The second-order valence-corrected chi connectivity index (χ2v) is 4.87. The SMILES string of the molecule is C/C(=N/Nc1cc(C)c2ccccc2n1)c1ccccn1. The number of benzene rings is 1. The quantitative estimate of drug-likeness (QED) is 0.585. The van der Waals surface area contributed by atoms with Gasteiger partial charge >= 0.3 is 0 Å². The van der Waals surface area contributed by atoms with Crippen LogP contribution in [-0.2, 0) is 0 Å². The highest BCUT2D eigenvalue weighted by Crippen LogP contribution is 2.19. The first-order chi connectivity index (χ1) is 10.2. The molecule has 4 nitrogen and oxygen atoms in total. The zero-order valence-electron chi connectivity index (χ0n) is 12.0. The molecule has 0 bridgehead atoms. The zero-order valence-corrected chi connectivity index (χ0v) is 12.0. The second-order valence-electron chi connectivity index (χ2n) is 4.87. The monoisotopic (exact) mass is 276 g/mol. The third kappa shape index (κ3) is 2.89. The predicted octanol–water partition coefficient (Wildman–Crippen LogP) is 3.77. The number of fused-ring (bicyclic) bond motifs is 1. The van der Waals surface area contributed by atoms with E-state index >= 15 is 0 Å². The maximum absolute atomic E-state index is 4.56. The van der Waals surface area contributed by atoms with Gasteiger partial charge in [-0.15, -0.1) is 0 Å². The highest BCUT2D eigenvalue weighted by Gasteiger charge is 2.02. The first-order valence-corrected chi connectivity index (χ1v) is 6.82. The van der Waals surface area contributed by atoms with Crippen molar-refractivity contribution >= 4 is 22.4 Å². The fourth-order valence-electron chi connectivity index (χ4n) is 2.18. The number of nitrogens with zero attached hydrogens (tertiary/aromatic N) is 3. The number of hydrazone groups is 1. The molecule has 1 N–H and O–H groups in total. The van der Waals surface area contributed by atoms with Crippen LogP contribution in [0.25, 0.3) is 10.9 Å². The third-order valence-electron chi connectivity index (χ3n) is 3.30. The van der Waals surface area contributed by atoms with Crippen LogP contribution in [0.1, 0.15) is 18.2 Å². The van der Waals surface area contributed by atoms with E-state index in [2.05, 4.69) is 33.5 Å². The summed E-state index contributed by atoms with van der Waals surface area (Å²) in [6.07, 6.45) is 1.76. The number of aromatic nitrogens is 2. The Labute approximate surface area is 123 Å². The molecule has 1 aromatic carbocycles. The van der Waals surface area contributed by atoms with Gasteiger partial charge in [-0.05, 0) is 43.7 Å². The van der Waals surface area contributed by atoms with Crippen LogP contribution in [0, 0.1) is 6.92 Å². The molecular weight excluding hydrogens is 260 g/mol. The molecule has 0 spiro atoms. The van der Waals surface area contributed by atoms with E-state index in [-0.39, 0.29) is 0 Å². The number of aryl methyl sites for hydroxylation is 1. The van der Waals surface area contributed by atoms with Crippen LogP contribution in [0.2, 0.25) is 0 Å². The van der Waals surface area contributed by atoms with Crippen LogP contribution in [0.5, 0.6) is 0 Å². The lowest BCUT2D eigenvalue weighted by atomic mass is 10.1. The van der Waals surface area contributed by atoms with Crippen LogP contribution in [-0.4, -0.2) is 15.7 Å². The molecule has 104 valence electrons. The summed E-state index contributed by atoms with van der Waals surface area (Å²) in [5.74, 6) is 0.737. The Balaban J connectivity index is 1.89. The summed E-state index contributed by atoms with van der Waals surface area (Å²) in [5, 5.41) is 5.51. The maximum Gasteiger partial charge on any atom is 0.147 e. The molecule has 2 heterocycles. The van der Waals surface area contributed by atoms with E-state index in [4.69, 9.17) is 0 Å². The number of rotatable bonds is 3. The third-order valence-corrected chi connectivity index (χ3v) is 3.30. The summed E-state index contributed by atoms with van der Waals surface area (Å²) in [6.45, 7) is 3.99. The van der Waals surface area contributed by atoms with E-state index in [1.807, 2.05) is 49.4 Å². The number of hydrogen-bond donors (Lipinski definition) is 1. The van der Waals surface area contributed by atoms with Gasteiger partial charge in [-0.3, -0.25) is 10.4 Å². The highest BCUT2D eigenvalue weighted by atomic mass is 15.3. The number of hydrogen-bond acceptors (Lipinski definition) is 4. The van der Waals surface area contributed by atoms with Gasteiger partial charge in [0.2, 0.25) is 0 Å². The van der Waals surface area contributed by atoms with Crippen LogP contribution in [0.15, 0.2) is 59.8 Å². The zero-order chi connectivity index (χ0) is 14.7. The minimum Gasteiger partial charge on any atom is -0.261 e. The lowest BCUT2D eigenvalue weighted by Crippen LogP contribution is -2.03. The van der Waals surface area contributed by atoms with Crippen molar-refractivity contribution in [2.45, 2.75) is 13.8 Å². The van der Waals surface area contributed by atoms with Gasteiger partial charge in [0.05, 0.1) is 16.9 Å².